The van der Waals surface area contributed by atoms with Crippen LogP contribution in [0.4, 0.5) is 10.1 Å². The van der Waals surface area contributed by atoms with Crippen LogP contribution in [0.1, 0.15) is 28.8 Å². The number of methoxy groups -OCH3 is 1. The SMILES string of the molecule is COc1ccccc1NS(=O)(=O)c1cccc(C(=O)N(Cc2ccc(F)cc2)C2CC2)c1. The van der Waals surface area contributed by atoms with E-state index < -0.39 is 10.0 Å². The van der Waals surface area contributed by atoms with Gasteiger partial charge in [-0.05, 0) is 60.9 Å². The van der Waals surface area contributed by atoms with Gasteiger partial charge in [0.05, 0.1) is 17.7 Å². The van der Waals surface area contributed by atoms with Crippen LogP contribution in [-0.2, 0) is 16.6 Å². The van der Waals surface area contributed by atoms with Crippen molar-refractivity contribution < 1.29 is 22.3 Å². The fourth-order valence-electron chi connectivity index (χ4n) is 3.43. The first-order valence-electron chi connectivity index (χ1n) is 10.2. The van der Waals surface area contributed by atoms with Gasteiger partial charge in [-0.2, -0.15) is 0 Å². The molecule has 8 heteroatoms. The number of para-hydroxylation sites is 2. The Morgan fingerprint density at radius 1 is 1.06 bits per heavy atom. The second kappa shape index (κ2) is 9.00. The van der Waals surface area contributed by atoms with Crippen molar-refractivity contribution in [2.75, 3.05) is 11.8 Å². The Morgan fingerprint density at radius 3 is 2.47 bits per heavy atom. The minimum Gasteiger partial charge on any atom is -0.495 e. The van der Waals surface area contributed by atoms with E-state index in [4.69, 9.17) is 4.74 Å². The normalized spacial score (nSPS) is 13.4. The monoisotopic (exact) mass is 454 g/mol. The summed E-state index contributed by atoms with van der Waals surface area (Å²) in [4.78, 5) is 14.9. The highest BCUT2D eigenvalue weighted by Gasteiger charge is 2.33. The second-order valence-corrected chi connectivity index (χ2v) is 9.31. The Kier molecular flexibility index (Phi) is 6.14. The van der Waals surface area contributed by atoms with Gasteiger partial charge in [-0.15, -0.1) is 0 Å². The van der Waals surface area contributed by atoms with Crippen LogP contribution in [0.5, 0.6) is 5.75 Å². The summed E-state index contributed by atoms with van der Waals surface area (Å²) < 4.78 is 46.9. The molecule has 6 nitrogen and oxygen atoms in total. The molecule has 4 rings (SSSR count). The minimum atomic E-state index is -3.94. The van der Waals surface area contributed by atoms with E-state index >= 15 is 0 Å². The van der Waals surface area contributed by atoms with Crippen molar-refractivity contribution in [3.05, 3.63) is 89.7 Å². The molecule has 0 aliphatic heterocycles. The highest BCUT2D eigenvalue weighted by molar-refractivity contribution is 7.92. The molecule has 0 unspecified atom stereocenters. The number of carbonyl (C=O) groups excluding carboxylic acids is 1. The number of rotatable bonds is 8. The Balaban J connectivity index is 1.58. The summed E-state index contributed by atoms with van der Waals surface area (Å²) in [5.74, 6) is -0.202. The van der Waals surface area contributed by atoms with Crippen LogP contribution < -0.4 is 9.46 Å². The van der Waals surface area contributed by atoms with Crippen LogP contribution >= 0.6 is 0 Å². The van der Waals surface area contributed by atoms with E-state index in [0.29, 0.717) is 18.0 Å². The van der Waals surface area contributed by atoms with E-state index in [0.717, 1.165) is 18.4 Å². The zero-order chi connectivity index (χ0) is 22.7. The summed E-state index contributed by atoms with van der Waals surface area (Å²) in [6, 6.07) is 18.8. The third-order valence-corrected chi connectivity index (χ3v) is 6.62. The van der Waals surface area contributed by atoms with Gasteiger partial charge in [0.1, 0.15) is 11.6 Å². The summed E-state index contributed by atoms with van der Waals surface area (Å²) in [5, 5.41) is 0. The van der Waals surface area contributed by atoms with Crippen LogP contribution in [0.15, 0.2) is 77.7 Å². The van der Waals surface area contributed by atoms with Gasteiger partial charge < -0.3 is 9.64 Å². The fourth-order valence-corrected chi connectivity index (χ4v) is 4.55. The third kappa shape index (κ3) is 4.91. The van der Waals surface area contributed by atoms with Crippen LogP contribution in [-0.4, -0.2) is 32.4 Å². The number of sulfonamides is 1. The fraction of sp³-hybridized carbons (Fsp3) is 0.208. The third-order valence-electron chi connectivity index (χ3n) is 5.26. The first-order valence-corrected chi connectivity index (χ1v) is 11.7. The molecule has 0 heterocycles. The van der Waals surface area contributed by atoms with E-state index in [-0.39, 0.29) is 28.2 Å². The Bertz CT molecular complexity index is 1220. The number of nitrogens with zero attached hydrogens (tertiary/aromatic N) is 1. The first-order chi connectivity index (χ1) is 15.4. The molecule has 1 N–H and O–H groups in total. The molecule has 1 aliphatic carbocycles. The molecule has 0 spiro atoms. The van der Waals surface area contributed by atoms with E-state index in [1.165, 1.54) is 31.4 Å². The van der Waals surface area contributed by atoms with E-state index in [1.54, 1.807) is 53.4 Å². The summed E-state index contributed by atoms with van der Waals surface area (Å²) in [6.07, 6.45) is 1.78. The van der Waals surface area contributed by atoms with Crippen LogP contribution in [0.3, 0.4) is 0 Å². The number of halogens is 1. The smallest absolute Gasteiger partial charge is 0.262 e. The summed E-state index contributed by atoms with van der Waals surface area (Å²) >= 11 is 0. The molecule has 1 saturated carbocycles. The van der Waals surface area contributed by atoms with Crippen LogP contribution in [0.2, 0.25) is 0 Å². The number of anilines is 1. The average molecular weight is 455 g/mol. The minimum absolute atomic E-state index is 0.0215. The van der Waals surface area contributed by atoms with Gasteiger partial charge in [-0.25, -0.2) is 12.8 Å². The summed E-state index contributed by atoms with van der Waals surface area (Å²) in [5.41, 5.74) is 1.40. The standard InChI is InChI=1S/C24H23FN2O4S/c1-31-23-8-3-2-7-22(23)26-32(29,30)21-6-4-5-18(15-21)24(28)27(20-13-14-20)16-17-9-11-19(25)12-10-17/h2-12,15,20,26H,13-14,16H2,1H3. The number of ether oxygens (including phenoxy) is 1. The second-order valence-electron chi connectivity index (χ2n) is 7.62. The molecule has 32 heavy (non-hydrogen) atoms. The summed E-state index contributed by atoms with van der Waals surface area (Å²) in [7, 11) is -2.48. The van der Waals surface area contributed by atoms with Gasteiger partial charge in [-0.1, -0.05) is 30.3 Å². The molecule has 1 fully saturated rings. The molecular formula is C24H23FN2O4S. The molecule has 1 aliphatic rings. The zero-order valence-corrected chi connectivity index (χ0v) is 18.3. The lowest BCUT2D eigenvalue weighted by molar-refractivity contribution is 0.0729. The zero-order valence-electron chi connectivity index (χ0n) is 17.5. The number of nitrogens with one attached hydrogen (secondary N) is 1. The largest absolute Gasteiger partial charge is 0.495 e. The van der Waals surface area contributed by atoms with Crippen molar-refractivity contribution in [3.63, 3.8) is 0 Å². The number of amides is 1. The summed E-state index contributed by atoms with van der Waals surface area (Å²) in [6.45, 7) is 0.334. The molecular weight excluding hydrogens is 431 g/mol. The quantitative estimate of drug-likeness (QED) is 0.546. The van der Waals surface area contributed by atoms with Gasteiger partial charge in [-0.3, -0.25) is 9.52 Å². The molecule has 1 amide bonds. The van der Waals surface area contributed by atoms with Gasteiger partial charge in [0.25, 0.3) is 15.9 Å². The Morgan fingerprint density at radius 2 is 1.78 bits per heavy atom. The van der Waals surface area contributed by atoms with Crippen molar-refractivity contribution >= 4 is 21.6 Å². The Labute approximate surface area is 186 Å². The molecule has 0 saturated heterocycles. The molecule has 0 aromatic heterocycles. The maximum atomic E-state index is 13.3. The van der Waals surface area contributed by atoms with Crippen LogP contribution in [0, 0.1) is 5.82 Å². The van der Waals surface area contributed by atoms with Gasteiger partial charge in [0, 0.05) is 18.2 Å². The number of benzene rings is 3. The van der Waals surface area contributed by atoms with Crippen molar-refractivity contribution in [2.45, 2.75) is 30.3 Å². The molecule has 166 valence electrons. The van der Waals surface area contributed by atoms with Crippen LogP contribution in [0.25, 0.3) is 0 Å². The lowest BCUT2D eigenvalue weighted by Crippen LogP contribution is -2.32. The highest BCUT2D eigenvalue weighted by atomic mass is 32.2. The lowest BCUT2D eigenvalue weighted by Gasteiger charge is -2.23. The van der Waals surface area contributed by atoms with Gasteiger partial charge in [0.15, 0.2) is 0 Å². The average Bonchev–Trinajstić information content (AvgIpc) is 3.64. The molecule has 3 aromatic carbocycles. The maximum Gasteiger partial charge on any atom is 0.262 e. The Hall–Kier alpha value is -3.39. The molecule has 3 aromatic rings. The molecule has 0 bridgehead atoms. The van der Waals surface area contributed by atoms with Gasteiger partial charge >= 0.3 is 0 Å². The number of carbonyl (C=O) groups is 1. The predicted molar refractivity (Wildman–Crippen MR) is 120 cm³/mol. The topological polar surface area (TPSA) is 75.7 Å². The number of hydrogen-bond acceptors (Lipinski definition) is 4. The van der Waals surface area contributed by atoms with E-state index in [9.17, 15) is 17.6 Å². The van der Waals surface area contributed by atoms with Crippen molar-refractivity contribution in [1.82, 2.24) is 4.90 Å². The highest BCUT2D eigenvalue weighted by Crippen LogP contribution is 2.31. The lowest BCUT2D eigenvalue weighted by atomic mass is 10.1. The molecule has 0 atom stereocenters. The van der Waals surface area contributed by atoms with Crippen molar-refractivity contribution in [3.8, 4) is 5.75 Å². The predicted octanol–water partition coefficient (Wildman–Crippen LogP) is 4.44. The van der Waals surface area contributed by atoms with Gasteiger partial charge in [0.2, 0.25) is 0 Å². The molecule has 0 radical (unpaired) electrons. The van der Waals surface area contributed by atoms with E-state index in [2.05, 4.69) is 4.72 Å². The maximum absolute atomic E-state index is 13.3. The van der Waals surface area contributed by atoms with Crippen molar-refractivity contribution in [2.24, 2.45) is 0 Å². The number of hydrogen-bond donors (Lipinski definition) is 1. The first kappa shape index (κ1) is 21.8. The van der Waals surface area contributed by atoms with E-state index in [1.807, 2.05) is 0 Å². The van der Waals surface area contributed by atoms with Crippen molar-refractivity contribution in [1.29, 1.82) is 0 Å².